The molecule has 2 aliphatic heterocycles. The molecule has 25 heavy (non-hydrogen) atoms. The number of esters is 2. The number of hydrogen-bond acceptors (Lipinski definition) is 5. The van der Waals surface area contributed by atoms with Crippen LogP contribution in [0.15, 0.2) is 35.5 Å². The molecule has 0 aromatic heterocycles. The molecule has 5 nitrogen and oxygen atoms in total. The van der Waals surface area contributed by atoms with Crippen LogP contribution >= 0.6 is 0 Å². The molecule has 0 aromatic carbocycles. The predicted molar refractivity (Wildman–Crippen MR) is 92.7 cm³/mol. The Hall–Kier alpha value is -1.88. The fraction of sp³-hybridized carbons (Fsp3) is 0.600. The van der Waals surface area contributed by atoms with Crippen molar-refractivity contribution in [3.8, 4) is 0 Å². The van der Waals surface area contributed by atoms with Crippen LogP contribution in [0.25, 0.3) is 0 Å². The molecule has 136 valence electrons. The van der Waals surface area contributed by atoms with Crippen LogP contribution in [0.2, 0.25) is 0 Å². The average molecular weight is 346 g/mol. The zero-order chi connectivity index (χ0) is 18.4. The largest absolute Gasteiger partial charge is 0.458 e. The summed E-state index contributed by atoms with van der Waals surface area (Å²) in [7, 11) is 0. The van der Waals surface area contributed by atoms with Crippen LogP contribution in [0.1, 0.15) is 47.0 Å². The summed E-state index contributed by atoms with van der Waals surface area (Å²) in [6.45, 7) is 11.5. The molecule has 0 amide bonds. The van der Waals surface area contributed by atoms with Crippen molar-refractivity contribution in [1.29, 1.82) is 0 Å². The van der Waals surface area contributed by atoms with Gasteiger partial charge in [-0.3, -0.25) is 0 Å². The number of hydrogen-bond donors (Lipinski definition) is 0. The number of rotatable bonds is 2. The average Bonchev–Trinajstić information content (AvgIpc) is 3.11. The van der Waals surface area contributed by atoms with Gasteiger partial charge in [0.15, 0.2) is 0 Å². The second kappa shape index (κ2) is 6.45. The number of epoxide rings is 1. The second-order valence-corrected chi connectivity index (χ2v) is 7.51. The van der Waals surface area contributed by atoms with Gasteiger partial charge in [-0.25, -0.2) is 9.59 Å². The minimum absolute atomic E-state index is 0.188. The van der Waals surface area contributed by atoms with Gasteiger partial charge in [0.05, 0.1) is 17.6 Å². The molecule has 2 fully saturated rings. The number of carbonyl (C=O) groups excluding carboxylic acids is 2. The third-order valence-electron chi connectivity index (χ3n) is 5.57. The first-order valence-electron chi connectivity index (χ1n) is 8.84. The maximum Gasteiger partial charge on any atom is 0.334 e. The van der Waals surface area contributed by atoms with Gasteiger partial charge < -0.3 is 14.2 Å². The minimum Gasteiger partial charge on any atom is -0.458 e. The molecule has 0 spiro atoms. The SMILES string of the molecule is C=C1C(=O)OC2CC3(C)OC3CCC(C)=CC(OC(=O)C(C)=CC)C12. The molecular weight excluding hydrogens is 320 g/mol. The Morgan fingerprint density at radius 2 is 2.20 bits per heavy atom. The van der Waals surface area contributed by atoms with Crippen molar-refractivity contribution in [2.75, 3.05) is 0 Å². The Morgan fingerprint density at radius 3 is 2.88 bits per heavy atom. The van der Waals surface area contributed by atoms with Crippen LogP contribution in [-0.4, -0.2) is 35.9 Å². The summed E-state index contributed by atoms with van der Waals surface area (Å²) in [5.74, 6) is -1.17. The van der Waals surface area contributed by atoms with Crippen LogP contribution in [0, 0.1) is 5.92 Å². The molecular formula is C20H26O5. The molecule has 0 aromatic rings. The van der Waals surface area contributed by atoms with Crippen molar-refractivity contribution >= 4 is 11.9 Å². The van der Waals surface area contributed by atoms with Gasteiger partial charge in [-0.1, -0.05) is 18.2 Å². The molecule has 0 radical (unpaired) electrons. The van der Waals surface area contributed by atoms with E-state index in [9.17, 15) is 9.59 Å². The van der Waals surface area contributed by atoms with Gasteiger partial charge in [0, 0.05) is 17.6 Å². The van der Waals surface area contributed by atoms with E-state index in [2.05, 4.69) is 13.5 Å². The number of carbonyl (C=O) groups is 2. The van der Waals surface area contributed by atoms with Crippen molar-refractivity contribution in [2.24, 2.45) is 5.92 Å². The Bertz CT molecular complexity index is 674. The summed E-state index contributed by atoms with van der Waals surface area (Å²) in [5.41, 5.74) is 1.74. The van der Waals surface area contributed by atoms with Gasteiger partial charge in [-0.15, -0.1) is 0 Å². The van der Waals surface area contributed by atoms with Crippen LogP contribution in [0.4, 0.5) is 0 Å². The maximum absolute atomic E-state index is 12.3. The van der Waals surface area contributed by atoms with Crippen molar-refractivity contribution in [3.05, 3.63) is 35.5 Å². The fourth-order valence-electron chi connectivity index (χ4n) is 3.73. The standard InChI is InChI=1S/C20H26O5/c1-6-12(3)18(21)23-14-9-11(2)7-8-16-20(5,25-16)10-15-17(14)13(4)19(22)24-15/h6,9,14-17H,4,7-8,10H2,1-3,5H3. The van der Waals surface area contributed by atoms with E-state index in [1.807, 2.05) is 13.0 Å². The molecule has 0 saturated carbocycles. The first kappa shape index (κ1) is 17.9. The molecule has 5 heteroatoms. The lowest BCUT2D eigenvalue weighted by atomic mass is 9.83. The number of fused-ring (bicyclic) bond motifs is 2. The van der Waals surface area contributed by atoms with Crippen molar-refractivity contribution in [1.82, 2.24) is 0 Å². The van der Waals surface area contributed by atoms with Crippen molar-refractivity contribution < 1.29 is 23.8 Å². The zero-order valence-corrected chi connectivity index (χ0v) is 15.3. The van der Waals surface area contributed by atoms with Gasteiger partial charge in [0.1, 0.15) is 12.2 Å². The monoisotopic (exact) mass is 346 g/mol. The van der Waals surface area contributed by atoms with E-state index in [4.69, 9.17) is 14.2 Å². The summed E-state index contributed by atoms with van der Waals surface area (Å²) in [6.07, 6.45) is 5.27. The Balaban J connectivity index is 1.94. The molecule has 2 saturated heterocycles. The van der Waals surface area contributed by atoms with E-state index < -0.39 is 12.1 Å². The molecule has 0 N–H and O–H groups in total. The molecule has 5 unspecified atom stereocenters. The van der Waals surface area contributed by atoms with Crippen LogP contribution in [0.5, 0.6) is 0 Å². The van der Waals surface area contributed by atoms with Gasteiger partial charge in [0.2, 0.25) is 0 Å². The van der Waals surface area contributed by atoms with E-state index in [0.29, 0.717) is 17.6 Å². The van der Waals surface area contributed by atoms with Crippen LogP contribution in [0.3, 0.4) is 0 Å². The normalized spacial score (nSPS) is 38.2. The van der Waals surface area contributed by atoms with E-state index >= 15 is 0 Å². The quantitative estimate of drug-likeness (QED) is 0.332. The maximum atomic E-state index is 12.3. The fourth-order valence-corrected chi connectivity index (χ4v) is 3.73. The highest BCUT2D eigenvalue weighted by molar-refractivity contribution is 5.91. The van der Waals surface area contributed by atoms with E-state index in [1.54, 1.807) is 19.9 Å². The summed E-state index contributed by atoms with van der Waals surface area (Å²) in [6, 6.07) is 0. The van der Waals surface area contributed by atoms with E-state index in [-0.39, 0.29) is 29.7 Å². The predicted octanol–water partition coefficient (Wildman–Crippen LogP) is 3.25. The van der Waals surface area contributed by atoms with E-state index in [0.717, 1.165) is 18.4 Å². The van der Waals surface area contributed by atoms with E-state index in [1.165, 1.54) is 0 Å². The lowest BCUT2D eigenvalue weighted by Gasteiger charge is -2.27. The lowest BCUT2D eigenvalue weighted by Crippen LogP contribution is -2.35. The molecule has 1 aliphatic carbocycles. The summed E-state index contributed by atoms with van der Waals surface area (Å²) in [5, 5.41) is 0. The highest BCUT2D eigenvalue weighted by atomic mass is 16.6. The zero-order valence-electron chi connectivity index (χ0n) is 15.3. The highest BCUT2D eigenvalue weighted by Gasteiger charge is 2.57. The third-order valence-corrected chi connectivity index (χ3v) is 5.57. The van der Waals surface area contributed by atoms with Gasteiger partial charge in [0.25, 0.3) is 0 Å². The number of ether oxygens (including phenoxy) is 3. The first-order valence-corrected chi connectivity index (χ1v) is 8.84. The summed E-state index contributed by atoms with van der Waals surface area (Å²) in [4.78, 5) is 24.4. The topological polar surface area (TPSA) is 65.1 Å². The van der Waals surface area contributed by atoms with Gasteiger partial charge in [-0.05, 0) is 46.6 Å². The lowest BCUT2D eigenvalue weighted by molar-refractivity contribution is -0.145. The Morgan fingerprint density at radius 1 is 1.48 bits per heavy atom. The second-order valence-electron chi connectivity index (χ2n) is 7.51. The molecule has 0 bridgehead atoms. The van der Waals surface area contributed by atoms with Crippen LogP contribution < -0.4 is 0 Å². The molecule has 2 heterocycles. The third kappa shape index (κ3) is 3.43. The molecule has 3 rings (SSSR count). The Kier molecular flexibility index (Phi) is 4.62. The smallest absolute Gasteiger partial charge is 0.334 e. The molecule has 3 aliphatic rings. The van der Waals surface area contributed by atoms with Gasteiger partial charge >= 0.3 is 11.9 Å². The Labute approximate surface area is 148 Å². The van der Waals surface area contributed by atoms with Crippen LogP contribution in [-0.2, 0) is 23.8 Å². The first-order chi connectivity index (χ1) is 11.7. The minimum atomic E-state index is -0.565. The van der Waals surface area contributed by atoms with Crippen molar-refractivity contribution in [2.45, 2.75) is 70.9 Å². The summed E-state index contributed by atoms with van der Waals surface area (Å²) >= 11 is 0. The molecule has 5 atom stereocenters. The number of allylic oxidation sites excluding steroid dienone is 2. The van der Waals surface area contributed by atoms with Gasteiger partial charge in [-0.2, -0.15) is 0 Å². The summed E-state index contributed by atoms with van der Waals surface area (Å²) < 4.78 is 17.2. The van der Waals surface area contributed by atoms with Crippen molar-refractivity contribution in [3.63, 3.8) is 0 Å². The highest BCUT2D eigenvalue weighted by Crippen LogP contribution is 2.48.